The first kappa shape index (κ1) is 14.0. The lowest BCUT2D eigenvalue weighted by Gasteiger charge is -2.13. The molecule has 0 aliphatic heterocycles. The quantitative estimate of drug-likeness (QED) is 0.798. The molecule has 0 radical (unpaired) electrons. The maximum Gasteiger partial charge on any atom is 0.174 e. The molecule has 4 nitrogen and oxygen atoms in total. The minimum Gasteiger partial charge on any atom is -0.479 e. The van der Waals surface area contributed by atoms with Crippen molar-refractivity contribution in [3.63, 3.8) is 0 Å². The Labute approximate surface area is 108 Å². The topological polar surface area (TPSA) is 68.8 Å². The van der Waals surface area contributed by atoms with Gasteiger partial charge < -0.3 is 10.1 Å². The maximum absolute atomic E-state index is 8.65. The van der Waals surface area contributed by atoms with E-state index >= 15 is 0 Å². The monoisotopic (exact) mass is 243 g/mol. The fraction of sp³-hybridized carbons (Fsp3) is 0.429. The Balaban J connectivity index is 2.44. The van der Waals surface area contributed by atoms with E-state index < -0.39 is 0 Å². The molecule has 0 aliphatic carbocycles. The molecule has 1 unspecified atom stereocenters. The Morgan fingerprint density at radius 1 is 1.22 bits per heavy atom. The van der Waals surface area contributed by atoms with Crippen molar-refractivity contribution in [1.29, 1.82) is 10.5 Å². The molecule has 0 aromatic heterocycles. The summed E-state index contributed by atoms with van der Waals surface area (Å²) in [4.78, 5) is 0. The molecule has 0 heterocycles. The molecule has 1 rings (SSSR count). The van der Waals surface area contributed by atoms with Crippen LogP contribution < -0.4 is 10.1 Å². The van der Waals surface area contributed by atoms with Gasteiger partial charge in [0.25, 0.3) is 0 Å². The van der Waals surface area contributed by atoms with Crippen LogP contribution in [-0.4, -0.2) is 12.6 Å². The number of rotatable bonds is 7. The highest BCUT2D eigenvalue weighted by Crippen LogP contribution is 2.12. The van der Waals surface area contributed by atoms with Crippen LogP contribution in [-0.2, 0) is 6.54 Å². The highest BCUT2D eigenvalue weighted by Gasteiger charge is 2.04. The van der Waals surface area contributed by atoms with Crippen LogP contribution in [0.4, 0.5) is 0 Å². The van der Waals surface area contributed by atoms with Crippen molar-refractivity contribution in [2.75, 3.05) is 6.61 Å². The average Bonchev–Trinajstić information content (AvgIpc) is 2.42. The number of nitriles is 2. The van der Waals surface area contributed by atoms with E-state index in [1.807, 2.05) is 30.3 Å². The van der Waals surface area contributed by atoms with Gasteiger partial charge >= 0.3 is 0 Å². The second-order valence-corrected chi connectivity index (χ2v) is 3.94. The molecule has 0 amide bonds. The van der Waals surface area contributed by atoms with E-state index in [0.717, 1.165) is 18.5 Å². The second kappa shape index (κ2) is 8.11. The number of hydrogen-bond donors (Lipinski definition) is 1. The van der Waals surface area contributed by atoms with Crippen LogP contribution in [0.1, 0.15) is 25.3 Å². The second-order valence-electron chi connectivity index (χ2n) is 3.94. The first-order valence-corrected chi connectivity index (χ1v) is 5.99. The number of nitrogens with zero attached hydrogens (tertiary/aromatic N) is 2. The lowest BCUT2D eigenvalue weighted by atomic mass is 10.1. The summed E-state index contributed by atoms with van der Waals surface area (Å²) in [5, 5.41) is 20.4. The molecule has 4 heteroatoms. The van der Waals surface area contributed by atoms with Gasteiger partial charge in [0.05, 0.1) is 12.5 Å². The molecular weight excluding hydrogens is 226 g/mol. The average molecular weight is 243 g/mol. The number of hydrogen-bond acceptors (Lipinski definition) is 4. The Hall–Kier alpha value is -2.04. The first-order chi connectivity index (χ1) is 8.80. The van der Waals surface area contributed by atoms with Crippen LogP contribution in [0.3, 0.4) is 0 Å². The van der Waals surface area contributed by atoms with Gasteiger partial charge in [-0.15, -0.1) is 0 Å². The zero-order valence-electron chi connectivity index (χ0n) is 10.5. The van der Waals surface area contributed by atoms with Crippen molar-refractivity contribution >= 4 is 0 Å². The fourth-order valence-electron chi connectivity index (χ4n) is 1.55. The van der Waals surface area contributed by atoms with Gasteiger partial charge in [-0.1, -0.05) is 19.1 Å². The minimum absolute atomic E-state index is 0.0671. The van der Waals surface area contributed by atoms with Crippen LogP contribution >= 0.6 is 0 Å². The maximum atomic E-state index is 8.65. The van der Waals surface area contributed by atoms with Gasteiger partial charge in [0, 0.05) is 12.6 Å². The van der Waals surface area contributed by atoms with Crippen molar-refractivity contribution in [3.8, 4) is 17.9 Å². The van der Waals surface area contributed by atoms with Crippen molar-refractivity contribution in [3.05, 3.63) is 29.8 Å². The van der Waals surface area contributed by atoms with E-state index in [1.165, 1.54) is 0 Å². The Bertz CT molecular complexity index is 428. The summed E-state index contributed by atoms with van der Waals surface area (Å²) in [5.74, 6) is 0.698. The van der Waals surface area contributed by atoms with Gasteiger partial charge in [0.15, 0.2) is 6.61 Å². The predicted molar refractivity (Wildman–Crippen MR) is 68.7 cm³/mol. The third-order valence-electron chi connectivity index (χ3n) is 2.65. The molecule has 1 atom stereocenters. The molecule has 1 aromatic carbocycles. The third kappa shape index (κ3) is 4.86. The highest BCUT2D eigenvalue weighted by atomic mass is 16.5. The highest BCUT2D eigenvalue weighted by molar-refractivity contribution is 5.27. The molecule has 0 aliphatic rings. The van der Waals surface area contributed by atoms with Gasteiger partial charge in [0.2, 0.25) is 0 Å². The van der Waals surface area contributed by atoms with E-state index in [2.05, 4.69) is 18.3 Å². The summed E-state index contributed by atoms with van der Waals surface area (Å²) in [6, 6.07) is 11.9. The molecule has 94 valence electrons. The van der Waals surface area contributed by atoms with E-state index in [1.54, 1.807) is 0 Å². The first-order valence-electron chi connectivity index (χ1n) is 5.99. The SMILES string of the molecule is CCC(CC#N)NCc1ccc(OCC#N)cc1. The van der Waals surface area contributed by atoms with Crippen molar-refractivity contribution in [2.24, 2.45) is 0 Å². The Morgan fingerprint density at radius 3 is 2.50 bits per heavy atom. The van der Waals surface area contributed by atoms with E-state index in [9.17, 15) is 0 Å². The van der Waals surface area contributed by atoms with Crippen LogP contribution in [0, 0.1) is 22.7 Å². The van der Waals surface area contributed by atoms with Gasteiger partial charge in [-0.2, -0.15) is 10.5 Å². The molecular formula is C14H17N3O. The van der Waals surface area contributed by atoms with E-state index in [4.69, 9.17) is 15.3 Å². The summed E-state index contributed by atoms with van der Waals surface area (Å²) in [7, 11) is 0. The van der Waals surface area contributed by atoms with Gasteiger partial charge in [-0.05, 0) is 24.1 Å². The summed E-state index contributed by atoms with van der Waals surface area (Å²) in [6.07, 6.45) is 1.47. The molecule has 0 fully saturated rings. The summed E-state index contributed by atoms with van der Waals surface area (Å²) in [6.45, 7) is 2.87. The Kier molecular flexibility index (Phi) is 6.32. The van der Waals surface area contributed by atoms with Crippen LogP contribution in [0.25, 0.3) is 0 Å². The molecule has 1 aromatic rings. The molecule has 0 bridgehead atoms. The van der Waals surface area contributed by atoms with Crippen molar-refractivity contribution in [2.45, 2.75) is 32.4 Å². The molecule has 0 saturated heterocycles. The number of nitrogens with one attached hydrogen (secondary N) is 1. The Morgan fingerprint density at radius 2 is 1.94 bits per heavy atom. The largest absolute Gasteiger partial charge is 0.479 e. The molecule has 18 heavy (non-hydrogen) atoms. The number of benzene rings is 1. The third-order valence-corrected chi connectivity index (χ3v) is 2.65. The van der Waals surface area contributed by atoms with Gasteiger partial charge in [-0.25, -0.2) is 0 Å². The lowest BCUT2D eigenvalue weighted by Crippen LogP contribution is -2.27. The zero-order chi connectivity index (χ0) is 13.2. The van der Waals surface area contributed by atoms with Crippen LogP contribution in [0.5, 0.6) is 5.75 Å². The van der Waals surface area contributed by atoms with E-state index in [0.29, 0.717) is 12.2 Å². The van der Waals surface area contributed by atoms with Crippen LogP contribution in [0.2, 0.25) is 0 Å². The molecule has 1 N–H and O–H groups in total. The molecule has 0 spiro atoms. The minimum atomic E-state index is 0.0671. The van der Waals surface area contributed by atoms with Crippen molar-refractivity contribution in [1.82, 2.24) is 5.32 Å². The summed E-state index contributed by atoms with van der Waals surface area (Å²) in [5.41, 5.74) is 1.13. The van der Waals surface area contributed by atoms with Gasteiger partial charge in [0.1, 0.15) is 11.8 Å². The van der Waals surface area contributed by atoms with Gasteiger partial charge in [-0.3, -0.25) is 0 Å². The standard InChI is InChI=1S/C14H17N3O/c1-2-13(7-8-15)17-11-12-3-5-14(6-4-12)18-10-9-16/h3-6,13,17H,2,7,10-11H2,1H3. The smallest absolute Gasteiger partial charge is 0.174 e. The van der Waals surface area contributed by atoms with Crippen molar-refractivity contribution < 1.29 is 4.74 Å². The molecule has 0 saturated carbocycles. The summed E-state index contributed by atoms with van der Waals surface area (Å²) >= 11 is 0. The van der Waals surface area contributed by atoms with Crippen LogP contribution in [0.15, 0.2) is 24.3 Å². The van der Waals surface area contributed by atoms with E-state index in [-0.39, 0.29) is 12.6 Å². The fourth-order valence-corrected chi connectivity index (χ4v) is 1.55. The zero-order valence-corrected chi connectivity index (χ0v) is 10.5. The summed E-state index contributed by atoms with van der Waals surface area (Å²) < 4.78 is 5.17. The number of ether oxygens (including phenoxy) is 1. The lowest BCUT2D eigenvalue weighted by molar-refractivity contribution is 0.368. The predicted octanol–water partition coefficient (Wildman–Crippen LogP) is 2.37. The normalized spacial score (nSPS) is 11.3.